The molecular weight excluding hydrogens is 275 g/mol. The number of hydrogen-bond donors (Lipinski definition) is 0. The van der Waals surface area contributed by atoms with E-state index in [0.29, 0.717) is 5.69 Å². The maximum Gasteiger partial charge on any atom is 0.270 e. The van der Waals surface area contributed by atoms with E-state index < -0.39 is 4.92 Å². The van der Waals surface area contributed by atoms with Crippen molar-refractivity contribution in [3.8, 4) is 0 Å². The monoisotopic (exact) mass is 288 g/mol. The van der Waals surface area contributed by atoms with Crippen LogP contribution in [0.25, 0.3) is 0 Å². The molecule has 2 aromatic rings. The van der Waals surface area contributed by atoms with Crippen molar-refractivity contribution in [3.63, 3.8) is 0 Å². The first-order valence-electron chi connectivity index (χ1n) is 6.22. The first kappa shape index (κ1) is 14.6. The molecule has 0 aliphatic heterocycles. The second-order valence-electron chi connectivity index (χ2n) is 4.57. The summed E-state index contributed by atoms with van der Waals surface area (Å²) in [7, 11) is 1.66. The maximum absolute atomic E-state index is 13.1. The van der Waals surface area contributed by atoms with Gasteiger partial charge in [-0.15, -0.1) is 0 Å². The predicted molar refractivity (Wildman–Crippen MR) is 77.1 cm³/mol. The minimum atomic E-state index is -0.549. The van der Waals surface area contributed by atoms with E-state index in [2.05, 4.69) is 0 Å². The molecule has 0 fully saturated rings. The number of nitrogens with zero attached hydrogens (tertiary/aromatic N) is 2. The van der Waals surface area contributed by atoms with E-state index in [0.717, 1.165) is 0 Å². The Kier molecular flexibility index (Phi) is 4.27. The Bertz CT molecular complexity index is 688. The quantitative estimate of drug-likeness (QED) is 0.482. The third-order valence-electron chi connectivity index (χ3n) is 3.01. The Morgan fingerprint density at radius 1 is 1.24 bits per heavy atom. The average molecular weight is 288 g/mol. The van der Waals surface area contributed by atoms with Gasteiger partial charge in [0, 0.05) is 30.4 Å². The summed E-state index contributed by atoms with van der Waals surface area (Å²) in [6, 6.07) is 11.4. The summed E-state index contributed by atoms with van der Waals surface area (Å²) >= 11 is 0. The number of carbonyl (C=O) groups excluding carboxylic acids is 1. The predicted octanol–water partition coefficient (Wildman–Crippen LogP) is 3.05. The zero-order valence-electron chi connectivity index (χ0n) is 11.3. The van der Waals surface area contributed by atoms with Crippen LogP contribution in [0.4, 0.5) is 15.8 Å². The number of non-ortho nitro benzene ring substituents is 1. The summed E-state index contributed by atoms with van der Waals surface area (Å²) in [6.45, 7) is 0.00458. The highest BCUT2D eigenvalue weighted by molar-refractivity contribution is 5.99. The summed E-state index contributed by atoms with van der Waals surface area (Å²) in [5.74, 6) is -0.660. The molecular formula is C15H13FN2O3. The summed E-state index contributed by atoms with van der Waals surface area (Å²) in [5.41, 5.74) is 0.690. The molecule has 0 unspecified atom stereocenters. The van der Waals surface area contributed by atoms with Gasteiger partial charge in [-0.25, -0.2) is 4.39 Å². The van der Waals surface area contributed by atoms with E-state index in [1.165, 1.54) is 36.4 Å². The van der Waals surface area contributed by atoms with Crippen LogP contribution in [0.1, 0.15) is 10.4 Å². The van der Waals surface area contributed by atoms with E-state index in [1.54, 1.807) is 24.1 Å². The lowest BCUT2D eigenvalue weighted by Crippen LogP contribution is -2.25. The van der Waals surface area contributed by atoms with Crippen LogP contribution >= 0.6 is 0 Å². The molecule has 0 saturated heterocycles. The van der Waals surface area contributed by atoms with Crippen LogP contribution in [0.3, 0.4) is 0 Å². The van der Waals surface area contributed by atoms with Crippen molar-refractivity contribution in [2.24, 2.45) is 0 Å². The number of ketones is 1. The number of hydrogen-bond acceptors (Lipinski definition) is 4. The standard InChI is InChI=1S/C15H13FN2O3/c1-17(13-6-3-5-12(16)9-13)10-15(19)11-4-2-7-14(8-11)18(20)21/h2-9H,10H2,1H3. The van der Waals surface area contributed by atoms with E-state index >= 15 is 0 Å². The number of rotatable bonds is 5. The molecule has 0 saturated carbocycles. The molecule has 0 radical (unpaired) electrons. The lowest BCUT2D eigenvalue weighted by molar-refractivity contribution is -0.384. The van der Waals surface area contributed by atoms with Crippen molar-refractivity contribution in [1.29, 1.82) is 0 Å². The van der Waals surface area contributed by atoms with E-state index in [4.69, 9.17) is 0 Å². The summed E-state index contributed by atoms with van der Waals surface area (Å²) in [6.07, 6.45) is 0. The van der Waals surface area contributed by atoms with E-state index in [9.17, 15) is 19.3 Å². The van der Waals surface area contributed by atoms with Gasteiger partial charge in [-0.05, 0) is 18.2 Å². The largest absolute Gasteiger partial charge is 0.367 e. The normalized spacial score (nSPS) is 10.2. The topological polar surface area (TPSA) is 63.5 Å². The fourth-order valence-electron chi connectivity index (χ4n) is 1.90. The minimum Gasteiger partial charge on any atom is -0.367 e. The number of carbonyl (C=O) groups is 1. The number of Topliss-reactive ketones (excluding diaryl/α,β-unsaturated/α-hetero) is 1. The third-order valence-corrected chi connectivity index (χ3v) is 3.01. The van der Waals surface area contributed by atoms with Gasteiger partial charge in [0.05, 0.1) is 11.5 Å². The number of halogens is 1. The van der Waals surface area contributed by atoms with Gasteiger partial charge in [0.1, 0.15) is 5.82 Å². The van der Waals surface area contributed by atoms with Crippen LogP contribution in [0, 0.1) is 15.9 Å². The van der Waals surface area contributed by atoms with Crippen LogP contribution in [-0.2, 0) is 0 Å². The molecule has 6 heteroatoms. The number of likely N-dealkylation sites (N-methyl/N-ethyl adjacent to an activating group) is 1. The highest BCUT2D eigenvalue weighted by atomic mass is 19.1. The van der Waals surface area contributed by atoms with E-state index in [-0.39, 0.29) is 29.4 Å². The molecule has 0 aliphatic rings. The number of anilines is 1. The van der Waals surface area contributed by atoms with Crippen LogP contribution in [0.2, 0.25) is 0 Å². The number of benzene rings is 2. The highest BCUT2D eigenvalue weighted by Crippen LogP contribution is 2.17. The van der Waals surface area contributed by atoms with E-state index in [1.807, 2.05) is 0 Å². The fourth-order valence-corrected chi connectivity index (χ4v) is 1.90. The van der Waals surface area contributed by atoms with Gasteiger partial charge >= 0.3 is 0 Å². The maximum atomic E-state index is 13.1. The Hall–Kier alpha value is -2.76. The first-order valence-corrected chi connectivity index (χ1v) is 6.22. The fraction of sp³-hybridized carbons (Fsp3) is 0.133. The Morgan fingerprint density at radius 2 is 1.95 bits per heavy atom. The van der Waals surface area contributed by atoms with Crippen molar-refractivity contribution < 1.29 is 14.1 Å². The van der Waals surface area contributed by atoms with Gasteiger partial charge < -0.3 is 4.90 Å². The van der Waals surface area contributed by atoms with Crippen molar-refractivity contribution in [1.82, 2.24) is 0 Å². The lowest BCUT2D eigenvalue weighted by Gasteiger charge is -2.18. The van der Waals surface area contributed by atoms with Crippen molar-refractivity contribution in [2.75, 3.05) is 18.5 Å². The number of nitro groups is 1. The molecule has 0 aliphatic carbocycles. The Labute approximate surface area is 120 Å². The SMILES string of the molecule is CN(CC(=O)c1cccc([N+](=O)[O-])c1)c1cccc(F)c1. The van der Waals surface area contributed by atoms with Gasteiger partial charge in [0.2, 0.25) is 0 Å². The van der Waals surface area contributed by atoms with Crippen molar-refractivity contribution in [3.05, 3.63) is 70.0 Å². The van der Waals surface area contributed by atoms with Gasteiger partial charge in [-0.1, -0.05) is 18.2 Å². The number of nitro benzene ring substituents is 1. The van der Waals surface area contributed by atoms with Crippen LogP contribution in [-0.4, -0.2) is 24.3 Å². The molecule has 0 atom stereocenters. The molecule has 0 bridgehead atoms. The molecule has 2 rings (SSSR count). The summed E-state index contributed by atoms with van der Waals surface area (Å²) in [5, 5.41) is 10.7. The van der Waals surface area contributed by atoms with Gasteiger partial charge in [-0.2, -0.15) is 0 Å². The molecule has 2 aromatic carbocycles. The summed E-state index contributed by atoms with van der Waals surface area (Å²) < 4.78 is 13.1. The first-order chi connectivity index (χ1) is 9.97. The third kappa shape index (κ3) is 3.62. The van der Waals surface area contributed by atoms with Crippen molar-refractivity contribution >= 4 is 17.2 Å². The molecule has 0 heterocycles. The highest BCUT2D eigenvalue weighted by Gasteiger charge is 2.14. The second-order valence-corrected chi connectivity index (χ2v) is 4.57. The molecule has 108 valence electrons. The molecule has 5 nitrogen and oxygen atoms in total. The molecule has 0 N–H and O–H groups in total. The van der Waals surface area contributed by atoms with Crippen LogP contribution < -0.4 is 4.90 Å². The summed E-state index contributed by atoms with van der Waals surface area (Å²) in [4.78, 5) is 23.9. The molecule has 0 amide bonds. The Balaban J connectivity index is 2.14. The zero-order valence-corrected chi connectivity index (χ0v) is 11.3. The average Bonchev–Trinajstić information content (AvgIpc) is 2.47. The van der Waals surface area contributed by atoms with Gasteiger partial charge in [0.15, 0.2) is 5.78 Å². The molecule has 0 spiro atoms. The Morgan fingerprint density at radius 3 is 2.62 bits per heavy atom. The molecule has 21 heavy (non-hydrogen) atoms. The minimum absolute atomic E-state index is 0.00458. The zero-order chi connectivity index (χ0) is 15.4. The van der Waals surface area contributed by atoms with Crippen LogP contribution in [0.5, 0.6) is 0 Å². The second kappa shape index (κ2) is 6.13. The van der Waals surface area contributed by atoms with Crippen LogP contribution in [0.15, 0.2) is 48.5 Å². The smallest absolute Gasteiger partial charge is 0.270 e. The molecule has 0 aromatic heterocycles. The van der Waals surface area contributed by atoms with Gasteiger partial charge in [-0.3, -0.25) is 14.9 Å². The lowest BCUT2D eigenvalue weighted by atomic mass is 10.1. The van der Waals surface area contributed by atoms with Crippen molar-refractivity contribution in [2.45, 2.75) is 0 Å². The van der Waals surface area contributed by atoms with Gasteiger partial charge in [0.25, 0.3) is 5.69 Å².